The maximum atomic E-state index is 12.9. The first-order valence-corrected chi connectivity index (χ1v) is 7.53. The Hall–Kier alpha value is -1.56. The van der Waals surface area contributed by atoms with E-state index in [2.05, 4.69) is 5.32 Å². The predicted molar refractivity (Wildman–Crippen MR) is 76.4 cm³/mol. The van der Waals surface area contributed by atoms with Crippen LogP contribution in [-0.2, 0) is 16.4 Å². The van der Waals surface area contributed by atoms with E-state index in [1.165, 1.54) is 6.07 Å². The molecule has 1 heterocycles. The maximum absolute atomic E-state index is 12.9. The second-order valence-corrected chi connectivity index (χ2v) is 6.27. The third kappa shape index (κ3) is 2.72. The molecule has 0 spiro atoms. The molecule has 1 aliphatic carbocycles. The number of amides is 1. The van der Waals surface area contributed by atoms with Crippen LogP contribution in [0.2, 0.25) is 0 Å². The molecule has 1 amide bonds. The fraction of sp³-hybridized carbons (Fsp3) is 0.562. The number of halogens is 3. The van der Waals surface area contributed by atoms with Crippen LogP contribution in [0.4, 0.5) is 13.2 Å². The SMILES string of the molecule is C[C@H]1CN(C(=O)C2(c3cccc(C(F)(F)F)c3)CC2)CCN1. The molecule has 1 saturated heterocycles. The van der Waals surface area contributed by atoms with E-state index in [4.69, 9.17) is 0 Å². The molecule has 1 aliphatic heterocycles. The van der Waals surface area contributed by atoms with Crippen molar-refractivity contribution in [2.45, 2.75) is 37.4 Å². The number of nitrogens with zero attached hydrogens (tertiary/aromatic N) is 1. The molecule has 3 rings (SSSR count). The summed E-state index contributed by atoms with van der Waals surface area (Å²) >= 11 is 0. The second-order valence-electron chi connectivity index (χ2n) is 6.27. The quantitative estimate of drug-likeness (QED) is 0.910. The molecule has 120 valence electrons. The monoisotopic (exact) mass is 312 g/mol. The Balaban J connectivity index is 1.86. The van der Waals surface area contributed by atoms with Gasteiger partial charge in [-0.05, 0) is 31.4 Å². The van der Waals surface area contributed by atoms with E-state index >= 15 is 0 Å². The van der Waals surface area contributed by atoms with Crippen molar-refractivity contribution in [1.29, 1.82) is 0 Å². The van der Waals surface area contributed by atoms with Gasteiger partial charge in [0.05, 0.1) is 11.0 Å². The van der Waals surface area contributed by atoms with E-state index in [-0.39, 0.29) is 11.9 Å². The van der Waals surface area contributed by atoms with Crippen LogP contribution in [0.15, 0.2) is 24.3 Å². The first kappa shape index (κ1) is 15.3. The van der Waals surface area contributed by atoms with Crippen LogP contribution in [0.1, 0.15) is 30.9 Å². The minimum atomic E-state index is -4.38. The van der Waals surface area contributed by atoms with Crippen LogP contribution in [0.25, 0.3) is 0 Å². The van der Waals surface area contributed by atoms with Gasteiger partial charge in [-0.3, -0.25) is 4.79 Å². The molecule has 2 aliphatic rings. The summed E-state index contributed by atoms with van der Waals surface area (Å²) in [6.45, 7) is 3.96. The van der Waals surface area contributed by atoms with Crippen molar-refractivity contribution in [2.24, 2.45) is 0 Å². The summed E-state index contributed by atoms with van der Waals surface area (Å²) in [6.07, 6.45) is -3.12. The molecule has 1 aromatic rings. The summed E-state index contributed by atoms with van der Waals surface area (Å²) in [7, 11) is 0. The lowest BCUT2D eigenvalue weighted by atomic mass is 9.92. The first-order chi connectivity index (χ1) is 10.3. The Morgan fingerprint density at radius 1 is 1.36 bits per heavy atom. The average molecular weight is 312 g/mol. The van der Waals surface area contributed by atoms with Crippen molar-refractivity contribution < 1.29 is 18.0 Å². The molecule has 2 fully saturated rings. The van der Waals surface area contributed by atoms with E-state index in [0.717, 1.165) is 18.7 Å². The Bertz CT molecular complexity index is 581. The molecule has 1 saturated carbocycles. The maximum Gasteiger partial charge on any atom is 0.416 e. The number of hydrogen-bond donors (Lipinski definition) is 1. The number of rotatable bonds is 2. The third-order valence-electron chi connectivity index (χ3n) is 4.56. The molecular formula is C16H19F3N2O. The van der Waals surface area contributed by atoms with Gasteiger partial charge in [0.15, 0.2) is 0 Å². The Morgan fingerprint density at radius 3 is 2.68 bits per heavy atom. The molecule has 0 bridgehead atoms. The molecule has 1 aromatic carbocycles. The van der Waals surface area contributed by atoms with Crippen LogP contribution in [0.5, 0.6) is 0 Å². The highest BCUT2D eigenvalue weighted by molar-refractivity contribution is 5.91. The van der Waals surface area contributed by atoms with Crippen LogP contribution >= 0.6 is 0 Å². The lowest BCUT2D eigenvalue weighted by Gasteiger charge is -2.34. The van der Waals surface area contributed by atoms with Gasteiger partial charge in [-0.15, -0.1) is 0 Å². The fourth-order valence-corrected chi connectivity index (χ4v) is 3.16. The number of carbonyl (C=O) groups is 1. The lowest BCUT2D eigenvalue weighted by Crippen LogP contribution is -2.53. The number of piperazine rings is 1. The third-order valence-corrected chi connectivity index (χ3v) is 4.56. The molecule has 0 unspecified atom stereocenters. The molecule has 0 radical (unpaired) electrons. The van der Waals surface area contributed by atoms with Gasteiger partial charge >= 0.3 is 6.18 Å². The Labute approximate surface area is 127 Å². The highest BCUT2D eigenvalue weighted by Gasteiger charge is 2.53. The van der Waals surface area contributed by atoms with E-state index in [9.17, 15) is 18.0 Å². The minimum absolute atomic E-state index is 0.0276. The van der Waals surface area contributed by atoms with E-state index in [1.54, 1.807) is 11.0 Å². The zero-order valence-electron chi connectivity index (χ0n) is 12.4. The molecular weight excluding hydrogens is 293 g/mol. The highest BCUT2D eigenvalue weighted by Crippen LogP contribution is 2.50. The number of alkyl halides is 3. The minimum Gasteiger partial charge on any atom is -0.339 e. The largest absolute Gasteiger partial charge is 0.416 e. The van der Waals surface area contributed by atoms with Crippen LogP contribution < -0.4 is 5.32 Å². The summed E-state index contributed by atoms with van der Waals surface area (Å²) in [5.41, 5.74) is -0.922. The predicted octanol–water partition coefficient (Wildman–Crippen LogP) is 2.56. The highest BCUT2D eigenvalue weighted by atomic mass is 19.4. The zero-order chi connectivity index (χ0) is 16.0. The summed E-state index contributed by atoms with van der Waals surface area (Å²) in [5.74, 6) is -0.0276. The van der Waals surface area contributed by atoms with Crippen molar-refractivity contribution in [3.8, 4) is 0 Å². The van der Waals surface area contributed by atoms with Crippen molar-refractivity contribution in [2.75, 3.05) is 19.6 Å². The smallest absolute Gasteiger partial charge is 0.339 e. The van der Waals surface area contributed by atoms with Gasteiger partial charge in [0.25, 0.3) is 0 Å². The number of nitrogens with one attached hydrogen (secondary N) is 1. The molecule has 3 nitrogen and oxygen atoms in total. The van der Waals surface area contributed by atoms with Crippen molar-refractivity contribution in [3.05, 3.63) is 35.4 Å². The van der Waals surface area contributed by atoms with E-state index in [0.29, 0.717) is 31.5 Å². The summed E-state index contributed by atoms with van der Waals surface area (Å²) < 4.78 is 38.6. The fourth-order valence-electron chi connectivity index (χ4n) is 3.16. The van der Waals surface area contributed by atoms with Crippen LogP contribution in [0.3, 0.4) is 0 Å². The number of carbonyl (C=O) groups excluding carboxylic acids is 1. The number of hydrogen-bond acceptors (Lipinski definition) is 2. The van der Waals surface area contributed by atoms with Crippen LogP contribution in [0, 0.1) is 0 Å². The van der Waals surface area contributed by atoms with Crippen molar-refractivity contribution in [3.63, 3.8) is 0 Å². The van der Waals surface area contributed by atoms with E-state index in [1.807, 2.05) is 6.92 Å². The average Bonchev–Trinajstić information content (AvgIpc) is 3.27. The van der Waals surface area contributed by atoms with Crippen LogP contribution in [-0.4, -0.2) is 36.5 Å². The molecule has 1 N–H and O–H groups in total. The van der Waals surface area contributed by atoms with Crippen molar-refractivity contribution in [1.82, 2.24) is 10.2 Å². The lowest BCUT2D eigenvalue weighted by molar-refractivity contribution is -0.138. The Kier molecular flexibility index (Phi) is 3.67. The normalized spacial score (nSPS) is 24.2. The van der Waals surface area contributed by atoms with Gasteiger partial charge in [0.2, 0.25) is 5.91 Å². The van der Waals surface area contributed by atoms with Gasteiger partial charge in [-0.2, -0.15) is 13.2 Å². The number of benzene rings is 1. The molecule has 0 aromatic heterocycles. The first-order valence-electron chi connectivity index (χ1n) is 7.53. The molecule has 6 heteroatoms. The van der Waals surface area contributed by atoms with Gasteiger partial charge < -0.3 is 10.2 Å². The summed E-state index contributed by atoms with van der Waals surface area (Å²) in [6, 6.07) is 5.44. The van der Waals surface area contributed by atoms with Gasteiger partial charge in [0.1, 0.15) is 0 Å². The Morgan fingerprint density at radius 2 is 2.09 bits per heavy atom. The second kappa shape index (κ2) is 5.26. The topological polar surface area (TPSA) is 32.3 Å². The molecule has 22 heavy (non-hydrogen) atoms. The van der Waals surface area contributed by atoms with Crippen molar-refractivity contribution >= 4 is 5.91 Å². The summed E-state index contributed by atoms with van der Waals surface area (Å²) in [5, 5.41) is 3.26. The van der Waals surface area contributed by atoms with E-state index < -0.39 is 17.2 Å². The molecule has 1 atom stereocenters. The van der Waals surface area contributed by atoms with Gasteiger partial charge in [-0.25, -0.2) is 0 Å². The standard InChI is InChI=1S/C16H19F3N2O/c1-11-10-21(8-7-20-11)14(22)15(5-6-15)12-3-2-4-13(9-12)16(17,18)19/h2-4,9,11,20H,5-8,10H2,1H3/t11-/m0/s1. The van der Waals surface area contributed by atoms with Gasteiger partial charge in [0, 0.05) is 25.7 Å². The van der Waals surface area contributed by atoms with Gasteiger partial charge in [-0.1, -0.05) is 18.2 Å². The zero-order valence-corrected chi connectivity index (χ0v) is 12.4. The summed E-state index contributed by atoms with van der Waals surface area (Å²) in [4.78, 5) is 14.6.